The van der Waals surface area contributed by atoms with Crippen LogP contribution >= 0.6 is 0 Å². The number of rotatable bonds is 0. The Hall–Kier alpha value is -6.23. The van der Waals surface area contributed by atoms with Crippen molar-refractivity contribution < 1.29 is 0 Å². The van der Waals surface area contributed by atoms with Gasteiger partial charge in [0.2, 0.25) is 0 Å². The van der Waals surface area contributed by atoms with Crippen LogP contribution in [0, 0.1) is 166 Å². The quantitative estimate of drug-likeness (QED) is 0.578. The normalized spacial score (nSPS) is 3.79. The van der Waals surface area contributed by atoms with Gasteiger partial charge in [-0.3, -0.25) is 0 Å². The van der Waals surface area contributed by atoms with Gasteiger partial charge in [-0.25, -0.2) is 0 Å². The summed E-state index contributed by atoms with van der Waals surface area (Å²) in [7, 11) is 0. The first-order chi connectivity index (χ1) is 13.9. The average Bonchev–Trinajstić information content (AvgIpc) is 2.71. The van der Waals surface area contributed by atoms with E-state index in [1.54, 1.807) is 6.07 Å². The SMILES string of the molecule is C#CC#CC#CC#CC#CC#CC#CC#CC#CC#CC#CC#CC#CC#N. The second-order valence-electron chi connectivity index (χ2n) is 3.26. The van der Waals surface area contributed by atoms with Crippen molar-refractivity contribution in [3.05, 3.63) is 0 Å². The number of hydrogen-bond acceptors (Lipinski definition) is 1. The lowest BCUT2D eigenvalue weighted by Crippen LogP contribution is -1.57. The van der Waals surface area contributed by atoms with E-state index < -0.39 is 0 Å². The third kappa shape index (κ3) is 19.8. The molecule has 114 valence electrons. The van der Waals surface area contributed by atoms with E-state index >= 15 is 0 Å². The Morgan fingerprint density at radius 2 is 0.464 bits per heavy atom. The highest BCUT2D eigenvalue weighted by molar-refractivity contribution is 5.48. The molecule has 0 amide bonds. The van der Waals surface area contributed by atoms with Gasteiger partial charge in [-0.15, -0.1) is 6.42 Å². The Labute approximate surface area is 166 Å². The zero-order valence-corrected chi connectivity index (χ0v) is 14.0. The van der Waals surface area contributed by atoms with Crippen LogP contribution in [0.1, 0.15) is 0 Å². The third-order valence-corrected chi connectivity index (χ3v) is 1.57. The van der Waals surface area contributed by atoms with Crippen molar-refractivity contribution in [3.8, 4) is 161 Å². The zero-order chi connectivity index (χ0) is 20.4. The minimum Gasteiger partial charge on any atom is -0.183 e. The van der Waals surface area contributed by atoms with Gasteiger partial charge >= 0.3 is 0 Å². The van der Waals surface area contributed by atoms with Crippen molar-refractivity contribution in [1.29, 1.82) is 5.26 Å². The molecule has 0 heterocycles. The fourth-order valence-corrected chi connectivity index (χ4v) is 0.752. The van der Waals surface area contributed by atoms with Crippen LogP contribution in [0.3, 0.4) is 0 Å². The molecule has 0 spiro atoms. The molecule has 0 aliphatic rings. The van der Waals surface area contributed by atoms with E-state index in [9.17, 15) is 0 Å². The lowest BCUT2D eigenvalue weighted by molar-refractivity contribution is 1.55. The highest BCUT2D eigenvalue weighted by Crippen LogP contribution is 1.59. The van der Waals surface area contributed by atoms with Crippen LogP contribution in [0.15, 0.2) is 0 Å². The van der Waals surface area contributed by atoms with Crippen molar-refractivity contribution >= 4 is 0 Å². The summed E-state index contributed by atoms with van der Waals surface area (Å²) >= 11 is 0. The summed E-state index contributed by atoms with van der Waals surface area (Å²) in [5.74, 6) is 60.3. The summed E-state index contributed by atoms with van der Waals surface area (Å²) in [6.07, 6.45) is 4.91. The zero-order valence-electron chi connectivity index (χ0n) is 14.0. The van der Waals surface area contributed by atoms with E-state index in [0.717, 1.165) is 0 Å². The Bertz CT molecular complexity index is 1350. The van der Waals surface area contributed by atoms with Crippen molar-refractivity contribution in [2.75, 3.05) is 0 Å². The summed E-state index contributed by atoms with van der Waals surface area (Å²) in [6, 6.07) is 1.62. The van der Waals surface area contributed by atoms with Crippen molar-refractivity contribution in [3.63, 3.8) is 0 Å². The molecule has 0 aromatic heterocycles. The molecule has 0 rings (SSSR count). The van der Waals surface area contributed by atoms with Gasteiger partial charge in [0.25, 0.3) is 0 Å². The predicted molar refractivity (Wildman–Crippen MR) is 108 cm³/mol. The molecule has 0 bridgehead atoms. The van der Waals surface area contributed by atoms with Gasteiger partial charge in [0.1, 0.15) is 0 Å². The number of nitriles is 1. The second kappa shape index (κ2) is 20.8. The molecule has 1 heteroatoms. The fraction of sp³-hybridized carbons (Fsp3) is 0. The summed E-state index contributed by atoms with van der Waals surface area (Å²) in [4.78, 5) is 0. The van der Waals surface area contributed by atoms with Gasteiger partial charge in [-0.05, 0) is 47.4 Å². The largest absolute Gasteiger partial charge is 0.183 e. The highest BCUT2D eigenvalue weighted by atomic mass is 14.2. The van der Waals surface area contributed by atoms with Gasteiger partial charge in [-0.1, -0.05) is 0 Å². The molecule has 0 aromatic carbocycles. The Kier molecular flexibility index (Phi) is 16.1. The molecule has 28 heavy (non-hydrogen) atoms. The van der Waals surface area contributed by atoms with E-state index in [1.165, 1.54) is 0 Å². The van der Waals surface area contributed by atoms with Crippen LogP contribution < -0.4 is 0 Å². The van der Waals surface area contributed by atoms with Crippen LogP contribution in [0.2, 0.25) is 0 Å². The molecule has 0 atom stereocenters. The molecule has 1 nitrogen and oxygen atoms in total. The second-order valence-corrected chi connectivity index (χ2v) is 3.26. The summed E-state index contributed by atoms with van der Waals surface area (Å²) in [5, 5.41) is 8.13. The van der Waals surface area contributed by atoms with Crippen molar-refractivity contribution in [2.45, 2.75) is 0 Å². The summed E-state index contributed by atoms with van der Waals surface area (Å²) in [5.41, 5.74) is 0. The smallest absolute Gasteiger partial charge is 0.153 e. The Balaban J connectivity index is 4.45. The molecule has 0 fully saturated rings. The van der Waals surface area contributed by atoms with Crippen molar-refractivity contribution in [1.82, 2.24) is 0 Å². The third-order valence-electron chi connectivity index (χ3n) is 1.57. The van der Waals surface area contributed by atoms with Gasteiger partial charge in [0.15, 0.2) is 6.07 Å². The Morgan fingerprint density at radius 1 is 0.286 bits per heavy atom. The van der Waals surface area contributed by atoms with Gasteiger partial charge in [0.05, 0.1) is 0 Å². The minimum atomic E-state index is 1.62. The standard InChI is InChI=1S/C27HN/c1-2-3-4-5-6-7-8-9-10-11-12-13-14-15-16-17-18-19-20-21-22-23-24-25-26-27-28/h1H. The number of hydrogen-bond donors (Lipinski definition) is 0. The topological polar surface area (TPSA) is 23.8 Å². The van der Waals surface area contributed by atoms with Gasteiger partial charge in [0, 0.05) is 101 Å². The number of terminal acetylenes is 1. The maximum absolute atomic E-state index is 8.13. The lowest BCUT2D eigenvalue weighted by atomic mass is 10.4. The van der Waals surface area contributed by atoms with Crippen LogP contribution in [-0.4, -0.2) is 0 Å². The molecular weight excluding hydrogens is 338 g/mol. The van der Waals surface area contributed by atoms with Crippen LogP contribution in [0.5, 0.6) is 0 Å². The van der Waals surface area contributed by atoms with Crippen LogP contribution in [-0.2, 0) is 0 Å². The average molecular weight is 339 g/mol. The first-order valence-electron chi connectivity index (χ1n) is 6.76. The first kappa shape index (κ1) is 21.8. The number of nitrogens with zero attached hydrogens (tertiary/aromatic N) is 1. The predicted octanol–water partition coefficient (Wildman–Crippen LogP) is 0.184. The van der Waals surface area contributed by atoms with Gasteiger partial charge < -0.3 is 0 Å². The van der Waals surface area contributed by atoms with Crippen molar-refractivity contribution in [2.24, 2.45) is 0 Å². The van der Waals surface area contributed by atoms with Crippen LogP contribution in [0.25, 0.3) is 0 Å². The molecule has 0 radical (unpaired) electrons. The molecule has 0 saturated carbocycles. The van der Waals surface area contributed by atoms with E-state index in [1.807, 2.05) is 0 Å². The monoisotopic (exact) mass is 339 g/mol. The first-order valence-corrected chi connectivity index (χ1v) is 6.76. The summed E-state index contributed by atoms with van der Waals surface area (Å²) < 4.78 is 0. The maximum atomic E-state index is 8.13. The van der Waals surface area contributed by atoms with E-state index in [4.69, 9.17) is 11.7 Å². The van der Waals surface area contributed by atoms with E-state index in [2.05, 4.69) is 148 Å². The van der Waals surface area contributed by atoms with Gasteiger partial charge in [-0.2, -0.15) is 5.26 Å². The Morgan fingerprint density at radius 3 is 0.643 bits per heavy atom. The molecule has 0 N–H and O–H groups in total. The molecule has 0 aliphatic carbocycles. The highest BCUT2D eigenvalue weighted by Gasteiger charge is 1.59. The van der Waals surface area contributed by atoms with Crippen LogP contribution in [0.4, 0.5) is 0 Å². The molecular formula is C27HN. The maximum Gasteiger partial charge on any atom is 0.153 e. The molecule has 0 aromatic rings. The molecule has 0 aliphatic heterocycles. The minimum absolute atomic E-state index is 1.62. The molecule has 0 unspecified atom stereocenters. The van der Waals surface area contributed by atoms with E-state index in [0.29, 0.717) is 0 Å². The lowest BCUT2D eigenvalue weighted by Gasteiger charge is -1.57. The fourth-order valence-electron chi connectivity index (χ4n) is 0.752. The molecule has 0 saturated heterocycles. The van der Waals surface area contributed by atoms with E-state index in [-0.39, 0.29) is 0 Å². The summed E-state index contributed by atoms with van der Waals surface area (Å²) in [6.45, 7) is 0.